The third kappa shape index (κ3) is 5.63. The number of benzene rings is 2. The summed E-state index contributed by atoms with van der Waals surface area (Å²) in [6.45, 7) is 1.74. The SMILES string of the molecule is COc1cccc(C2=Nc3cc(C(=O)N(N)CCCC(C)(F)P)ccc3Sc3ccccc32)n1. The number of aromatic nitrogens is 1. The number of amides is 1. The van der Waals surface area contributed by atoms with Gasteiger partial charge in [-0.3, -0.25) is 9.80 Å². The summed E-state index contributed by atoms with van der Waals surface area (Å²) in [6, 6.07) is 18.9. The van der Waals surface area contributed by atoms with Crippen LogP contribution in [0, 0.1) is 0 Å². The molecule has 2 atom stereocenters. The number of hydrogen-bond acceptors (Lipinski definition) is 6. The molecule has 0 saturated carbocycles. The largest absolute Gasteiger partial charge is 0.481 e. The van der Waals surface area contributed by atoms with Crippen molar-refractivity contribution >= 4 is 38.3 Å². The average Bonchev–Trinajstić information content (AvgIpc) is 2.99. The van der Waals surface area contributed by atoms with Crippen LogP contribution in [-0.2, 0) is 0 Å². The topological polar surface area (TPSA) is 80.8 Å². The number of carbonyl (C=O) groups is 1. The molecule has 0 fully saturated rings. The van der Waals surface area contributed by atoms with Crippen LogP contribution < -0.4 is 10.6 Å². The normalized spacial score (nSPS) is 14.2. The Morgan fingerprint density at radius 3 is 2.74 bits per heavy atom. The summed E-state index contributed by atoms with van der Waals surface area (Å²) in [5.74, 6) is 6.15. The lowest BCUT2D eigenvalue weighted by atomic mass is 10.1. The molecule has 9 heteroatoms. The third-order valence-corrected chi connectivity index (χ3v) is 6.73. The zero-order valence-corrected chi connectivity index (χ0v) is 21.0. The van der Waals surface area contributed by atoms with Gasteiger partial charge in [0, 0.05) is 33.5 Å². The summed E-state index contributed by atoms with van der Waals surface area (Å²) in [4.78, 5) is 24.4. The van der Waals surface area contributed by atoms with E-state index < -0.39 is 5.41 Å². The molecule has 34 heavy (non-hydrogen) atoms. The summed E-state index contributed by atoms with van der Waals surface area (Å²) in [7, 11) is 3.73. The van der Waals surface area contributed by atoms with Gasteiger partial charge in [0.2, 0.25) is 5.88 Å². The van der Waals surface area contributed by atoms with Crippen molar-refractivity contribution in [3.8, 4) is 5.88 Å². The summed E-state index contributed by atoms with van der Waals surface area (Å²) < 4.78 is 19.0. The highest BCUT2D eigenvalue weighted by molar-refractivity contribution is 7.99. The fourth-order valence-corrected chi connectivity index (χ4v) is 4.80. The molecule has 0 aliphatic carbocycles. The number of nitrogens with zero attached hydrogens (tertiary/aromatic N) is 3. The minimum atomic E-state index is -1.38. The van der Waals surface area contributed by atoms with Crippen LogP contribution >= 0.6 is 21.0 Å². The van der Waals surface area contributed by atoms with Gasteiger partial charge < -0.3 is 4.74 Å². The number of nitrogens with two attached hydrogens (primary N) is 1. The number of ether oxygens (including phenoxy) is 1. The number of halogens is 1. The van der Waals surface area contributed by atoms with Crippen LogP contribution in [-0.4, -0.2) is 40.7 Å². The van der Waals surface area contributed by atoms with Gasteiger partial charge in [0.25, 0.3) is 5.91 Å². The highest BCUT2D eigenvalue weighted by Gasteiger charge is 2.22. The van der Waals surface area contributed by atoms with Gasteiger partial charge in [0.15, 0.2) is 0 Å². The van der Waals surface area contributed by atoms with E-state index in [1.165, 1.54) is 6.92 Å². The Labute approximate surface area is 205 Å². The number of aliphatic imine (C=N–C) groups is 1. The number of alkyl halides is 1. The van der Waals surface area contributed by atoms with Gasteiger partial charge in [-0.25, -0.2) is 20.2 Å². The summed E-state index contributed by atoms with van der Waals surface area (Å²) in [5, 5.41) is -0.246. The van der Waals surface area contributed by atoms with Gasteiger partial charge in [-0.15, -0.1) is 0 Å². The van der Waals surface area contributed by atoms with Gasteiger partial charge in [0.1, 0.15) is 5.41 Å². The number of fused-ring (bicyclic) bond motifs is 2. The third-order valence-electron chi connectivity index (χ3n) is 5.30. The van der Waals surface area contributed by atoms with Gasteiger partial charge in [0.05, 0.1) is 24.2 Å². The zero-order chi connectivity index (χ0) is 24.3. The molecule has 0 saturated heterocycles. The Hall–Kier alpha value is -2.80. The standard InChI is InChI=1S/C25H26FN4O2PS/c1-25(26,33)13-6-14-30(27)24(31)16-11-12-21-19(15-16)29-23(17-7-3-4-9-20(17)34-21)18-8-5-10-22(28-18)32-2/h3-5,7-12,15H,6,13-14,27,33H2,1-2H3. The lowest BCUT2D eigenvalue weighted by Gasteiger charge is -2.19. The molecule has 2 aromatic carbocycles. The predicted molar refractivity (Wildman–Crippen MR) is 137 cm³/mol. The Morgan fingerprint density at radius 2 is 1.97 bits per heavy atom. The molecule has 6 nitrogen and oxygen atoms in total. The van der Waals surface area contributed by atoms with Gasteiger partial charge in [-0.1, -0.05) is 45.3 Å². The van der Waals surface area contributed by atoms with E-state index in [9.17, 15) is 9.18 Å². The fourth-order valence-electron chi connectivity index (χ4n) is 3.59. The minimum Gasteiger partial charge on any atom is -0.481 e. The second kappa shape index (κ2) is 10.2. The summed E-state index contributed by atoms with van der Waals surface area (Å²) in [5.41, 5.74) is 3.39. The maximum Gasteiger partial charge on any atom is 0.267 e. The molecule has 2 N–H and O–H groups in total. The van der Waals surface area contributed by atoms with Crippen LogP contribution in [0.1, 0.15) is 41.4 Å². The number of hydrazine groups is 1. The first kappa shape index (κ1) is 24.3. The number of carbonyl (C=O) groups excluding carboxylic acids is 1. The van der Waals surface area contributed by atoms with Crippen molar-refractivity contribution < 1.29 is 13.9 Å². The lowest BCUT2D eigenvalue weighted by molar-refractivity contribution is 0.0747. The Bertz CT molecular complexity index is 1250. The average molecular weight is 497 g/mol. The molecule has 2 heterocycles. The minimum absolute atomic E-state index is 0.256. The Morgan fingerprint density at radius 1 is 1.18 bits per heavy atom. The smallest absolute Gasteiger partial charge is 0.267 e. The van der Waals surface area contributed by atoms with E-state index in [4.69, 9.17) is 15.6 Å². The second-order valence-electron chi connectivity index (χ2n) is 8.19. The molecule has 1 amide bonds. The molecule has 4 rings (SSSR count). The molecule has 176 valence electrons. The first-order valence-electron chi connectivity index (χ1n) is 10.8. The molecule has 3 aromatic rings. The molecule has 1 aromatic heterocycles. The van der Waals surface area contributed by atoms with Crippen molar-refractivity contribution in [1.82, 2.24) is 9.99 Å². The van der Waals surface area contributed by atoms with Crippen LogP contribution in [0.5, 0.6) is 5.88 Å². The monoisotopic (exact) mass is 496 g/mol. The van der Waals surface area contributed by atoms with Crippen LogP contribution in [0.3, 0.4) is 0 Å². The first-order valence-corrected chi connectivity index (χ1v) is 12.2. The molecular formula is C25H26FN4O2PS. The first-order chi connectivity index (χ1) is 16.2. The van der Waals surface area contributed by atoms with Crippen molar-refractivity contribution in [2.75, 3.05) is 13.7 Å². The summed E-state index contributed by atoms with van der Waals surface area (Å²) >= 11 is 1.58. The zero-order valence-electron chi connectivity index (χ0n) is 19.0. The predicted octanol–water partition coefficient (Wildman–Crippen LogP) is 5.38. The molecule has 0 bridgehead atoms. The van der Waals surface area contributed by atoms with Gasteiger partial charge >= 0.3 is 0 Å². The Kier molecular flexibility index (Phi) is 7.31. The van der Waals surface area contributed by atoms with E-state index in [1.54, 1.807) is 37.1 Å². The van der Waals surface area contributed by atoms with Crippen molar-refractivity contribution in [3.05, 3.63) is 77.5 Å². The molecule has 0 radical (unpaired) electrons. The Balaban J connectivity index is 1.69. The van der Waals surface area contributed by atoms with E-state index in [0.29, 0.717) is 41.4 Å². The quantitative estimate of drug-likeness (QED) is 0.161. The number of hydrogen-bond donors (Lipinski definition) is 1. The highest BCUT2D eigenvalue weighted by Crippen LogP contribution is 2.41. The van der Waals surface area contributed by atoms with Crippen molar-refractivity contribution in [2.24, 2.45) is 10.8 Å². The van der Waals surface area contributed by atoms with E-state index in [-0.39, 0.29) is 12.5 Å². The maximum atomic E-state index is 13.7. The number of rotatable bonds is 7. The van der Waals surface area contributed by atoms with Gasteiger partial charge in [-0.2, -0.15) is 0 Å². The molecule has 0 spiro atoms. The van der Waals surface area contributed by atoms with E-state index in [2.05, 4.69) is 14.2 Å². The van der Waals surface area contributed by atoms with Crippen LogP contribution in [0.4, 0.5) is 10.1 Å². The summed E-state index contributed by atoms with van der Waals surface area (Å²) in [6.07, 6.45) is 0.748. The molecular weight excluding hydrogens is 470 g/mol. The number of methoxy groups -OCH3 is 1. The van der Waals surface area contributed by atoms with Crippen molar-refractivity contribution in [2.45, 2.75) is 35.0 Å². The lowest BCUT2D eigenvalue weighted by Crippen LogP contribution is -2.38. The van der Waals surface area contributed by atoms with Crippen molar-refractivity contribution in [1.29, 1.82) is 0 Å². The van der Waals surface area contributed by atoms with E-state index in [0.717, 1.165) is 20.4 Å². The fraction of sp³-hybridized carbons (Fsp3) is 0.240. The van der Waals surface area contributed by atoms with Crippen LogP contribution in [0.25, 0.3) is 0 Å². The highest BCUT2D eigenvalue weighted by atomic mass is 32.2. The van der Waals surface area contributed by atoms with E-state index >= 15 is 0 Å². The van der Waals surface area contributed by atoms with Crippen molar-refractivity contribution in [3.63, 3.8) is 0 Å². The second-order valence-corrected chi connectivity index (χ2v) is 10.5. The van der Waals surface area contributed by atoms with Crippen LogP contribution in [0.2, 0.25) is 0 Å². The maximum absolute atomic E-state index is 13.7. The van der Waals surface area contributed by atoms with Gasteiger partial charge in [-0.05, 0) is 50.1 Å². The molecule has 2 unspecified atom stereocenters. The molecule has 1 aliphatic heterocycles. The van der Waals surface area contributed by atoms with Crippen LogP contribution in [0.15, 0.2) is 75.4 Å². The van der Waals surface area contributed by atoms with E-state index in [1.807, 2.05) is 42.5 Å². The molecule has 1 aliphatic rings. The number of pyridine rings is 1.